The number of carbonyl (C=O) groups excluding carboxylic acids is 1. The Balaban J connectivity index is 1.78. The molecule has 3 rings (SSSR count). The first-order valence-corrected chi connectivity index (χ1v) is 6.94. The van der Waals surface area contributed by atoms with E-state index in [-0.39, 0.29) is 5.91 Å². The molecule has 1 amide bonds. The van der Waals surface area contributed by atoms with Gasteiger partial charge in [-0.1, -0.05) is 18.2 Å². The van der Waals surface area contributed by atoms with Crippen LogP contribution in [-0.4, -0.2) is 24.8 Å². The number of anilines is 1. The van der Waals surface area contributed by atoms with Crippen LogP contribution in [0, 0.1) is 0 Å². The van der Waals surface area contributed by atoms with E-state index in [1.165, 1.54) is 11.3 Å². The summed E-state index contributed by atoms with van der Waals surface area (Å²) in [5.41, 5.74) is 1.79. The molecule has 2 heterocycles. The number of nitrogens with one attached hydrogen (secondary N) is 2. The molecule has 0 saturated carbocycles. The molecule has 0 atom stereocenters. The van der Waals surface area contributed by atoms with Gasteiger partial charge in [-0.15, -0.1) is 11.3 Å². The zero-order chi connectivity index (χ0) is 13.1. The standard InChI is InChI=1S/C14H13N3OS/c18-14(12-5-2-8-19-12)17-11-4-1-3-10(9-11)13-15-6-7-16-13/h1-5,8-9H,6-7H2,(H,15,16)(H,17,18). The number of thiophene rings is 1. The average molecular weight is 271 g/mol. The van der Waals surface area contributed by atoms with Crippen molar-refractivity contribution in [3.05, 3.63) is 52.2 Å². The fourth-order valence-corrected chi connectivity index (χ4v) is 2.55. The summed E-state index contributed by atoms with van der Waals surface area (Å²) in [6.45, 7) is 1.68. The van der Waals surface area contributed by atoms with Crippen molar-refractivity contribution < 1.29 is 4.79 Å². The van der Waals surface area contributed by atoms with Crippen molar-refractivity contribution in [1.82, 2.24) is 5.32 Å². The lowest BCUT2D eigenvalue weighted by atomic mass is 10.2. The van der Waals surface area contributed by atoms with E-state index < -0.39 is 0 Å². The van der Waals surface area contributed by atoms with Crippen LogP contribution in [0.5, 0.6) is 0 Å². The Hall–Kier alpha value is -2.14. The van der Waals surface area contributed by atoms with Gasteiger partial charge in [-0.05, 0) is 23.6 Å². The van der Waals surface area contributed by atoms with Gasteiger partial charge in [0.1, 0.15) is 5.84 Å². The van der Waals surface area contributed by atoms with E-state index in [0.29, 0.717) is 4.88 Å². The second-order valence-electron chi connectivity index (χ2n) is 4.17. The Morgan fingerprint density at radius 1 is 1.32 bits per heavy atom. The molecule has 1 aromatic carbocycles. The van der Waals surface area contributed by atoms with Gasteiger partial charge in [-0.3, -0.25) is 9.79 Å². The van der Waals surface area contributed by atoms with Crippen molar-refractivity contribution in [2.24, 2.45) is 4.99 Å². The van der Waals surface area contributed by atoms with E-state index in [9.17, 15) is 4.79 Å². The van der Waals surface area contributed by atoms with Gasteiger partial charge in [0.15, 0.2) is 0 Å². The first-order valence-electron chi connectivity index (χ1n) is 6.06. The highest BCUT2D eigenvalue weighted by Gasteiger charge is 2.10. The third-order valence-corrected chi connectivity index (χ3v) is 3.68. The predicted octanol–water partition coefficient (Wildman–Crippen LogP) is 2.35. The highest BCUT2D eigenvalue weighted by molar-refractivity contribution is 7.12. The number of amides is 1. The summed E-state index contributed by atoms with van der Waals surface area (Å²) in [6.07, 6.45) is 0. The Kier molecular flexibility index (Phi) is 3.29. The fourth-order valence-electron chi connectivity index (χ4n) is 1.94. The molecule has 0 fully saturated rings. The van der Waals surface area contributed by atoms with E-state index in [2.05, 4.69) is 15.6 Å². The molecule has 0 unspecified atom stereocenters. The molecule has 4 nitrogen and oxygen atoms in total. The number of rotatable bonds is 3. The molecule has 0 spiro atoms. The van der Waals surface area contributed by atoms with Crippen LogP contribution < -0.4 is 10.6 Å². The van der Waals surface area contributed by atoms with Crippen LogP contribution in [0.3, 0.4) is 0 Å². The normalized spacial score (nSPS) is 13.8. The predicted molar refractivity (Wildman–Crippen MR) is 78.1 cm³/mol. The minimum absolute atomic E-state index is 0.0755. The number of amidine groups is 1. The van der Waals surface area contributed by atoms with E-state index in [0.717, 1.165) is 30.2 Å². The Bertz CT molecular complexity index is 619. The van der Waals surface area contributed by atoms with Gasteiger partial charge in [0.2, 0.25) is 0 Å². The summed E-state index contributed by atoms with van der Waals surface area (Å²) in [5, 5.41) is 8.01. The molecule has 1 aromatic heterocycles. The van der Waals surface area contributed by atoms with E-state index >= 15 is 0 Å². The fraction of sp³-hybridized carbons (Fsp3) is 0.143. The number of benzene rings is 1. The summed E-state index contributed by atoms with van der Waals surface area (Å²) in [5.74, 6) is 0.820. The number of hydrogen-bond donors (Lipinski definition) is 2. The molecule has 0 radical (unpaired) electrons. The van der Waals surface area contributed by atoms with Gasteiger partial charge in [0.05, 0.1) is 11.4 Å². The van der Waals surface area contributed by atoms with E-state index in [1.807, 2.05) is 41.8 Å². The molecular formula is C14H13N3OS. The van der Waals surface area contributed by atoms with Crippen LogP contribution in [0.4, 0.5) is 5.69 Å². The minimum Gasteiger partial charge on any atom is -0.368 e. The monoisotopic (exact) mass is 271 g/mol. The van der Waals surface area contributed by atoms with Crippen molar-refractivity contribution >= 4 is 28.8 Å². The maximum Gasteiger partial charge on any atom is 0.265 e. The smallest absolute Gasteiger partial charge is 0.265 e. The van der Waals surface area contributed by atoms with Crippen LogP contribution in [0.1, 0.15) is 15.2 Å². The maximum absolute atomic E-state index is 12.0. The average Bonchev–Trinajstić information content (AvgIpc) is 3.13. The van der Waals surface area contributed by atoms with Crippen molar-refractivity contribution in [2.75, 3.05) is 18.4 Å². The van der Waals surface area contributed by atoms with Gasteiger partial charge in [0, 0.05) is 17.8 Å². The topological polar surface area (TPSA) is 53.5 Å². The Morgan fingerprint density at radius 3 is 3.00 bits per heavy atom. The Morgan fingerprint density at radius 2 is 2.26 bits per heavy atom. The minimum atomic E-state index is -0.0755. The Labute approximate surface area is 115 Å². The third-order valence-electron chi connectivity index (χ3n) is 2.81. The van der Waals surface area contributed by atoms with E-state index in [1.54, 1.807) is 0 Å². The zero-order valence-electron chi connectivity index (χ0n) is 10.2. The molecule has 5 heteroatoms. The summed E-state index contributed by atoms with van der Waals surface area (Å²) in [7, 11) is 0. The van der Waals surface area contributed by atoms with Gasteiger partial charge in [-0.25, -0.2) is 0 Å². The largest absolute Gasteiger partial charge is 0.368 e. The molecule has 2 aromatic rings. The lowest BCUT2D eigenvalue weighted by molar-refractivity contribution is 0.103. The SMILES string of the molecule is O=C(Nc1cccc(C2=NCCN2)c1)c1cccs1. The van der Waals surface area contributed by atoms with Crippen LogP contribution in [0.2, 0.25) is 0 Å². The molecule has 19 heavy (non-hydrogen) atoms. The third kappa shape index (κ3) is 2.66. The zero-order valence-corrected chi connectivity index (χ0v) is 11.0. The quantitative estimate of drug-likeness (QED) is 0.900. The van der Waals surface area contributed by atoms with Crippen LogP contribution in [0.25, 0.3) is 0 Å². The summed E-state index contributed by atoms with van der Waals surface area (Å²) >= 11 is 1.43. The number of nitrogens with zero attached hydrogens (tertiary/aromatic N) is 1. The van der Waals surface area contributed by atoms with Crippen LogP contribution in [0.15, 0.2) is 46.8 Å². The molecular weight excluding hydrogens is 258 g/mol. The second-order valence-corrected chi connectivity index (χ2v) is 5.12. The first-order chi connectivity index (χ1) is 9.33. The molecule has 96 valence electrons. The van der Waals surface area contributed by atoms with Crippen LogP contribution in [-0.2, 0) is 0 Å². The summed E-state index contributed by atoms with van der Waals surface area (Å²) < 4.78 is 0. The summed E-state index contributed by atoms with van der Waals surface area (Å²) in [4.78, 5) is 17.0. The van der Waals surface area contributed by atoms with Gasteiger partial charge < -0.3 is 10.6 Å². The molecule has 1 aliphatic heterocycles. The maximum atomic E-state index is 12.0. The molecule has 2 N–H and O–H groups in total. The second kappa shape index (κ2) is 5.24. The molecule has 0 aliphatic carbocycles. The van der Waals surface area contributed by atoms with E-state index in [4.69, 9.17) is 0 Å². The lowest BCUT2D eigenvalue weighted by Crippen LogP contribution is -2.19. The van der Waals surface area contributed by atoms with Gasteiger partial charge in [0.25, 0.3) is 5.91 Å². The van der Waals surface area contributed by atoms with Crippen molar-refractivity contribution in [1.29, 1.82) is 0 Å². The molecule has 0 saturated heterocycles. The number of aliphatic imine (C=N–C) groups is 1. The van der Waals surface area contributed by atoms with Crippen molar-refractivity contribution in [2.45, 2.75) is 0 Å². The highest BCUT2D eigenvalue weighted by atomic mass is 32.1. The van der Waals surface area contributed by atoms with Crippen LogP contribution >= 0.6 is 11.3 Å². The van der Waals surface area contributed by atoms with Crippen molar-refractivity contribution in [3.63, 3.8) is 0 Å². The molecule has 0 bridgehead atoms. The lowest BCUT2D eigenvalue weighted by Gasteiger charge is -2.07. The van der Waals surface area contributed by atoms with Gasteiger partial charge >= 0.3 is 0 Å². The number of carbonyl (C=O) groups is 1. The van der Waals surface area contributed by atoms with Crippen molar-refractivity contribution in [3.8, 4) is 0 Å². The first kappa shape index (κ1) is 11.9. The summed E-state index contributed by atoms with van der Waals surface area (Å²) in [6, 6.07) is 11.4. The highest BCUT2D eigenvalue weighted by Crippen LogP contribution is 2.15. The van der Waals surface area contributed by atoms with Gasteiger partial charge in [-0.2, -0.15) is 0 Å². The molecule has 1 aliphatic rings. The number of hydrogen-bond acceptors (Lipinski definition) is 4.